The minimum atomic E-state index is 0.678. The minimum absolute atomic E-state index is 0.678. The average Bonchev–Trinajstić information content (AvgIpc) is 2.57. The molecule has 0 amide bonds. The molecule has 108 valence electrons. The monoisotopic (exact) mass is 280 g/mol. The van der Waals surface area contributed by atoms with Gasteiger partial charge >= 0.3 is 0 Å². The van der Waals surface area contributed by atoms with E-state index in [1.54, 1.807) is 6.20 Å². The molecule has 1 aromatic heterocycles. The maximum Gasteiger partial charge on any atom is 0.119 e. The summed E-state index contributed by atoms with van der Waals surface area (Å²) in [4.78, 5) is 4.11. The van der Waals surface area contributed by atoms with E-state index in [-0.39, 0.29) is 0 Å². The largest absolute Gasteiger partial charge is 0.493 e. The van der Waals surface area contributed by atoms with Crippen LogP contribution in [0.2, 0.25) is 0 Å². The van der Waals surface area contributed by atoms with Crippen LogP contribution in [-0.4, -0.2) is 24.7 Å². The number of aromatic nitrogens is 1. The van der Waals surface area contributed by atoms with Gasteiger partial charge < -0.3 is 10.1 Å². The lowest BCUT2D eigenvalue weighted by Gasteiger charge is -2.14. The average molecular weight is 280 g/mol. The highest BCUT2D eigenvalue weighted by molar-refractivity contribution is 5.67. The van der Waals surface area contributed by atoms with Crippen molar-refractivity contribution in [1.82, 2.24) is 10.3 Å². The third kappa shape index (κ3) is 3.92. The Kier molecular flexibility index (Phi) is 4.64. The number of pyridine rings is 1. The molecular formula is C18H20N2O. The molecule has 0 unspecified atom stereocenters. The van der Waals surface area contributed by atoms with Crippen molar-refractivity contribution in [3.05, 3.63) is 66.0 Å². The molecule has 0 saturated heterocycles. The number of hydrogen-bond acceptors (Lipinski definition) is 3. The van der Waals surface area contributed by atoms with Crippen LogP contribution in [0.4, 0.5) is 0 Å². The normalized spacial score (nSPS) is 14.6. The van der Waals surface area contributed by atoms with Crippen LogP contribution < -0.4 is 10.1 Å². The molecule has 21 heavy (non-hydrogen) atoms. The third-order valence-electron chi connectivity index (χ3n) is 3.67. The topological polar surface area (TPSA) is 34.1 Å². The molecule has 0 aliphatic carbocycles. The summed E-state index contributed by atoms with van der Waals surface area (Å²) in [6.45, 7) is 2.71. The number of nitrogens with zero attached hydrogens (tertiary/aromatic N) is 1. The molecule has 0 radical (unpaired) electrons. The first-order valence-corrected chi connectivity index (χ1v) is 7.44. The Morgan fingerprint density at radius 1 is 1.14 bits per heavy atom. The number of benzene rings is 1. The van der Waals surface area contributed by atoms with Crippen LogP contribution in [0.3, 0.4) is 0 Å². The summed E-state index contributed by atoms with van der Waals surface area (Å²) in [5, 5.41) is 3.33. The number of ether oxygens (including phenoxy) is 1. The van der Waals surface area contributed by atoms with Gasteiger partial charge in [-0.1, -0.05) is 24.3 Å². The molecule has 3 heteroatoms. The van der Waals surface area contributed by atoms with Crippen molar-refractivity contribution in [1.29, 1.82) is 0 Å². The summed E-state index contributed by atoms with van der Waals surface area (Å²) in [6.07, 6.45) is 7.92. The van der Waals surface area contributed by atoms with E-state index < -0.39 is 0 Å². The molecule has 2 aromatic rings. The number of nitrogens with one attached hydrogen (secondary N) is 1. The van der Waals surface area contributed by atoms with Crippen molar-refractivity contribution >= 4 is 5.57 Å². The van der Waals surface area contributed by atoms with Crippen molar-refractivity contribution in [3.8, 4) is 5.75 Å². The zero-order valence-electron chi connectivity index (χ0n) is 12.1. The Balaban J connectivity index is 1.54. The lowest BCUT2D eigenvalue weighted by Crippen LogP contribution is -2.19. The Morgan fingerprint density at radius 2 is 2.05 bits per heavy atom. The van der Waals surface area contributed by atoms with E-state index >= 15 is 0 Å². The maximum absolute atomic E-state index is 5.79. The van der Waals surface area contributed by atoms with Gasteiger partial charge in [-0.25, -0.2) is 0 Å². The molecule has 1 aliphatic heterocycles. The van der Waals surface area contributed by atoms with Gasteiger partial charge in [-0.15, -0.1) is 0 Å². The molecular weight excluding hydrogens is 260 g/mol. The Labute approximate surface area is 125 Å². The van der Waals surface area contributed by atoms with Gasteiger partial charge in [-0.3, -0.25) is 4.98 Å². The van der Waals surface area contributed by atoms with Crippen molar-refractivity contribution in [2.75, 3.05) is 19.7 Å². The second-order valence-electron chi connectivity index (χ2n) is 5.17. The molecule has 0 saturated carbocycles. The molecule has 1 N–H and O–H groups in total. The van der Waals surface area contributed by atoms with Gasteiger partial charge in [0.25, 0.3) is 0 Å². The van der Waals surface area contributed by atoms with Crippen LogP contribution in [0.15, 0.2) is 54.9 Å². The van der Waals surface area contributed by atoms with E-state index in [1.165, 1.54) is 16.7 Å². The zero-order valence-corrected chi connectivity index (χ0v) is 12.1. The lowest BCUT2D eigenvalue weighted by atomic mass is 10.0. The van der Waals surface area contributed by atoms with Crippen LogP contribution in [0, 0.1) is 0 Å². The van der Waals surface area contributed by atoms with Crippen molar-refractivity contribution in [2.45, 2.75) is 12.8 Å². The van der Waals surface area contributed by atoms with E-state index in [9.17, 15) is 0 Å². The van der Waals surface area contributed by atoms with Gasteiger partial charge in [0.2, 0.25) is 0 Å². The van der Waals surface area contributed by atoms with Gasteiger partial charge in [0.05, 0.1) is 6.61 Å². The maximum atomic E-state index is 5.79. The summed E-state index contributed by atoms with van der Waals surface area (Å²) in [5.74, 6) is 0.928. The molecule has 1 aromatic carbocycles. The summed E-state index contributed by atoms with van der Waals surface area (Å²) in [7, 11) is 0. The fraction of sp³-hybridized carbons (Fsp3) is 0.278. The highest BCUT2D eigenvalue weighted by Crippen LogP contribution is 2.22. The lowest BCUT2D eigenvalue weighted by molar-refractivity contribution is 0.322. The summed E-state index contributed by atoms with van der Waals surface area (Å²) in [6, 6.07) is 12.4. The van der Waals surface area contributed by atoms with Crippen LogP contribution in [0.25, 0.3) is 5.57 Å². The van der Waals surface area contributed by atoms with E-state index in [0.29, 0.717) is 6.61 Å². The van der Waals surface area contributed by atoms with E-state index in [1.807, 2.05) is 12.3 Å². The Hall–Kier alpha value is -2.13. The molecule has 0 bridgehead atoms. The van der Waals surface area contributed by atoms with Gasteiger partial charge in [0.15, 0.2) is 0 Å². The van der Waals surface area contributed by atoms with Crippen molar-refractivity contribution in [3.63, 3.8) is 0 Å². The zero-order chi connectivity index (χ0) is 14.3. The van der Waals surface area contributed by atoms with Crippen LogP contribution in [0.5, 0.6) is 5.75 Å². The van der Waals surface area contributed by atoms with Gasteiger partial charge in [0, 0.05) is 25.4 Å². The third-order valence-corrected chi connectivity index (χ3v) is 3.67. The standard InChI is InChI=1S/C18H20N2O/c1-2-15(14-20-10-1)9-13-21-18-5-3-16(4-6-18)17-7-11-19-12-8-17/h1-7,10,14,19H,8-9,11-13H2. The molecule has 0 spiro atoms. The highest BCUT2D eigenvalue weighted by atomic mass is 16.5. The Bertz CT molecular complexity index is 590. The SMILES string of the molecule is C1=C(c2ccc(OCCc3cccnc3)cc2)CCNC1. The highest BCUT2D eigenvalue weighted by Gasteiger charge is 2.05. The van der Waals surface area contributed by atoms with Crippen molar-refractivity contribution in [2.24, 2.45) is 0 Å². The van der Waals surface area contributed by atoms with Crippen LogP contribution in [-0.2, 0) is 6.42 Å². The van der Waals surface area contributed by atoms with Gasteiger partial charge in [-0.2, -0.15) is 0 Å². The quantitative estimate of drug-likeness (QED) is 0.914. The first-order chi connectivity index (χ1) is 10.4. The van der Waals surface area contributed by atoms with Gasteiger partial charge in [-0.05, 0) is 47.9 Å². The smallest absolute Gasteiger partial charge is 0.119 e. The second kappa shape index (κ2) is 7.04. The summed E-state index contributed by atoms with van der Waals surface area (Å²) in [5.41, 5.74) is 3.93. The van der Waals surface area contributed by atoms with Crippen LogP contribution in [0.1, 0.15) is 17.5 Å². The molecule has 3 rings (SSSR count). The summed E-state index contributed by atoms with van der Waals surface area (Å²) < 4.78 is 5.79. The second-order valence-corrected chi connectivity index (χ2v) is 5.17. The number of hydrogen-bond donors (Lipinski definition) is 1. The first kappa shape index (κ1) is 13.8. The Morgan fingerprint density at radius 3 is 2.76 bits per heavy atom. The van der Waals surface area contributed by atoms with E-state index in [2.05, 4.69) is 46.7 Å². The fourth-order valence-corrected chi connectivity index (χ4v) is 2.48. The van der Waals surface area contributed by atoms with Crippen LogP contribution >= 0.6 is 0 Å². The predicted octanol–water partition coefficient (Wildman–Crippen LogP) is 3.08. The summed E-state index contributed by atoms with van der Waals surface area (Å²) >= 11 is 0. The van der Waals surface area contributed by atoms with E-state index in [4.69, 9.17) is 4.74 Å². The number of rotatable bonds is 5. The molecule has 0 fully saturated rings. The van der Waals surface area contributed by atoms with E-state index in [0.717, 1.165) is 31.7 Å². The van der Waals surface area contributed by atoms with Gasteiger partial charge in [0.1, 0.15) is 5.75 Å². The molecule has 3 nitrogen and oxygen atoms in total. The molecule has 1 aliphatic rings. The fourth-order valence-electron chi connectivity index (χ4n) is 2.48. The molecule has 0 atom stereocenters. The predicted molar refractivity (Wildman–Crippen MR) is 85.3 cm³/mol. The van der Waals surface area contributed by atoms with Crippen molar-refractivity contribution < 1.29 is 4.74 Å². The minimum Gasteiger partial charge on any atom is -0.493 e. The first-order valence-electron chi connectivity index (χ1n) is 7.44. The molecule has 2 heterocycles.